The first-order valence-corrected chi connectivity index (χ1v) is 10.7. The van der Waals surface area contributed by atoms with Crippen molar-refractivity contribution in [2.24, 2.45) is 0 Å². The fourth-order valence-electron chi connectivity index (χ4n) is 3.00. The van der Waals surface area contributed by atoms with Crippen LogP contribution in [0.15, 0.2) is 76.0 Å². The molecule has 140 valence electrons. The first-order valence-electron chi connectivity index (χ1n) is 8.62. The third kappa shape index (κ3) is 3.58. The summed E-state index contributed by atoms with van der Waals surface area (Å²) in [6.45, 7) is -0.0887. The molecule has 7 heteroatoms. The molecule has 28 heavy (non-hydrogen) atoms. The van der Waals surface area contributed by atoms with E-state index in [1.165, 1.54) is 22.2 Å². The molecule has 2 heterocycles. The predicted octanol–water partition coefficient (Wildman–Crippen LogP) is 4.49. The number of carbonyl (C=O) groups excluding carboxylic acids is 1. The van der Waals surface area contributed by atoms with E-state index in [1.54, 1.807) is 11.8 Å². The first kappa shape index (κ1) is 18.5. The van der Waals surface area contributed by atoms with Gasteiger partial charge in [-0.25, -0.2) is 4.98 Å². The molecule has 0 aliphatic carbocycles. The number of fused-ring (bicyclic) bond motifs is 1. The number of benzene rings is 2. The Kier molecular flexibility index (Phi) is 5.27. The SMILES string of the molecule is CSc1ccccc1NC(=O)Cn1cnc2scc(-c3ccccc3)c2c1=O. The molecule has 4 rings (SSSR count). The zero-order valence-electron chi connectivity index (χ0n) is 15.1. The minimum atomic E-state index is -0.263. The standard InChI is InChI=1S/C21H17N3O2S2/c1-27-17-10-6-5-9-16(17)23-18(25)11-24-13-22-20-19(21(24)26)15(12-28-20)14-7-3-2-4-8-14/h2-10,12-13H,11H2,1H3,(H,23,25). The molecule has 0 radical (unpaired) electrons. The van der Waals surface area contributed by atoms with E-state index >= 15 is 0 Å². The normalized spacial score (nSPS) is 10.9. The molecule has 0 aliphatic rings. The Labute approximate surface area is 170 Å². The number of hydrogen-bond acceptors (Lipinski definition) is 5. The average molecular weight is 408 g/mol. The molecule has 1 amide bonds. The van der Waals surface area contributed by atoms with Crippen molar-refractivity contribution in [2.75, 3.05) is 11.6 Å². The average Bonchev–Trinajstić information content (AvgIpc) is 3.16. The number of rotatable bonds is 5. The van der Waals surface area contributed by atoms with Crippen LogP contribution in [0.3, 0.4) is 0 Å². The van der Waals surface area contributed by atoms with Crippen molar-refractivity contribution in [1.29, 1.82) is 0 Å². The Morgan fingerprint density at radius 3 is 2.68 bits per heavy atom. The van der Waals surface area contributed by atoms with Crippen molar-refractivity contribution in [1.82, 2.24) is 9.55 Å². The van der Waals surface area contributed by atoms with Crippen molar-refractivity contribution < 1.29 is 4.79 Å². The van der Waals surface area contributed by atoms with Crippen LogP contribution in [0.5, 0.6) is 0 Å². The van der Waals surface area contributed by atoms with E-state index in [9.17, 15) is 9.59 Å². The predicted molar refractivity (Wildman–Crippen MR) is 116 cm³/mol. The number of anilines is 1. The van der Waals surface area contributed by atoms with Gasteiger partial charge in [0.1, 0.15) is 11.4 Å². The summed E-state index contributed by atoms with van der Waals surface area (Å²) in [6.07, 6.45) is 3.39. The largest absolute Gasteiger partial charge is 0.324 e. The molecule has 0 unspecified atom stereocenters. The summed E-state index contributed by atoms with van der Waals surface area (Å²) in [5, 5.41) is 5.37. The van der Waals surface area contributed by atoms with Crippen LogP contribution in [0.4, 0.5) is 5.69 Å². The van der Waals surface area contributed by atoms with Gasteiger partial charge in [0.15, 0.2) is 0 Å². The van der Waals surface area contributed by atoms with Crippen LogP contribution in [0.25, 0.3) is 21.3 Å². The Morgan fingerprint density at radius 1 is 1.14 bits per heavy atom. The van der Waals surface area contributed by atoms with Crippen LogP contribution in [-0.2, 0) is 11.3 Å². The smallest absolute Gasteiger partial charge is 0.263 e. The van der Waals surface area contributed by atoms with Crippen molar-refractivity contribution in [3.63, 3.8) is 0 Å². The van der Waals surface area contributed by atoms with Crippen LogP contribution in [0.1, 0.15) is 0 Å². The van der Waals surface area contributed by atoms with Crippen molar-refractivity contribution in [2.45, 2.75) is 11.4 Å². The van der Waals surface area contributed by atoms with Gasteiger partial charge in [0.25, 0.3) is 5.56 Å². The van der Waals surface area contributed by atoms with Gasteiger partial charge in [0, 0.05) is 15.8 Å². The van der Waals surface area contributed by atoms with Crippen LogP contribution < -0.4 is 10.9 Å². The number of hydrogen-bond donors (Lipinski definition) is 1. The van der Waals surface area contributed by atoms with Crippen LogP contribution in [0, 0.1) is 0 Å². The molecular weight excluding hydrogens is 390 g/mol. The second-order valence-corrected chi connectivity index (χ2v) is 7.83. The molecule has 0 bridgehead atoms. The molecule has 2 aromatic heterocycles. The van der Waals surface area contributed by atoms with Crippen LogP contribution in [-0.4, -0.2) is 21.7 Å². The van der Waals surface area contributed by atoms with E-state index in [1.807, 2.05) is 66.2 Å². The Hall–Kier alpha value is -2.90. The Bertz CT molecular complexity index is 1200. The minimum absolute atomic E-state index is 0.0887. The van der Waals surface area contributed by atoms with Gasteiger partial charge in [0.05, 0.1) is 17.4 Å². The number of carbonyl (C=O) groups is 1. The number of nitrogens with one attached hydrogen (secondary N) is 1. The highest BCUT2D eigenvalue weighted by Crippen LogP contribution is 2.30. The van der Waals surface area contributed by atoms with E-state index in [4.69, 9.17) is 0 Å². The highest BCUT2D eigenvalue weighted by atomic mass is 32.2. The second kappa shape index (κ2) is 8.00. The molecule has 4 aromatic rings. The maximum Gasteiger partial charge on any atom is 0.263 e. The summed E-state index contributed by atoms with van der Waals surface area (Å²) < 4.78 is 1.36. The maximum absolute atomic E-state index is 13.0. The first-order chi connectivity index (χ1) is 13.7. The zero-order chi connectivity index (χ0) is 19.5. The van der Waals surface area contributed by atoms with Gasteiger partial charge < -0.3 is 5.32 Å². The van der Waals surface area contributed by atoms with E-state index in [-0.39, 0.29) is 18.0 Å². The summed E-state index contributed by atoms with van der Waals surface area (Å²) in [7, 11) is 0. The number of thioether (sulfide) groups is 1. The Balaban J connectivity index is 1.65. The maximum atomic E-state index is 13.0. The molecule has 0 spiro atoms. The van der Waals surface area contributed by atoms with Gasteiger partial charge in [-0.1, -0.05) is 42.5 Å². The quantitative estimate of drug-likeness (QED) is 0.495. The van der Waals surface area contributed by atoms with E-state index in [2.05, 4.69) is 10.3 Å². The molecule has 5 nitrogen and oxygen atoms in total. The third-order valence-corrected chi connectivity index (χ3v) is 6.02. The molecule has 0 atom stereocenters. The second-order valence-electron chi connectivity index (χ2n) is 6.12. The molecule has 0 saturated heterocycles. The third-order valence-electron chi connectivity index (χ3n) is 4.34. The highest BCUT2D eigenvalue weighted by Gasteiger charge is 2.15. The molecule has 0 aliphatic heterocycles. The van der Waals surface area contributed by atoms with Gasteiger partial charge in [-0.2, -0.15) is 0 Å². The molecule has 0 saturated carbocycles. The molecule has 0 fully saturated rings. The number of nitrogens with zero attached hydrogens (tertiary/aromatic N) is 2. The van der Waals surface area contributed by atoms with Crippen molar-refractivity contribution in [3.05, 3.63) is 76.7 Å². The van der Waals surface area contributed by atoms with Crippen molar-refractivity contribution >= 4 is 44.9 Å². The minimum Gasteiger partial charge on any atom is -0.324 e. The fraction of sp³-hybridized carbons (Fsp3) is 0.0952. The monoisotopic (exact) mass is 407 g/mol. The molecular formula is C21H17N3O2S2. The summed E-state index contributed by atoms with van der Waals surface area (Å²) >= 11 is 2.99. The number of thiophene rings is 1. The van der Waals surface area contributed by atoms with Crippen molar-refractivity contribution in [3.8, 4) is 11.1 Å². The van der Waals surface area contributed by atoms with Gasteiger partial charge >= 0.3 is 0 Å². The lowest BCUT2D eigenvalue weighted by Gasteiger charge is -2.10. The molecule has 2 aromatic carbocycles. The number of aromatic nitrogens is 2. The van der Waals surface area contributed by atoms with Gasteiger partial charge in [-0.05, 0) is 24.0 Å². The van der Waals surface area contributed by atoms with Gasteiger partial charge in [-0.3, -0.25) is 14.2 Å². The number of amides is 1. The highest BCUT2D eigenvalue weighted by molar-refractivity contribution is 7.98. The van der Waals surface area contributed by atoms with Crippen LogP contribution in [0.2, 0.25) is 0 Å². The lowest BCUT2D eigenvalue weighted by molar-refractivity contribution is -0.116. The fourth-order valence-corrected chi connectivity index (χ4v) is 4.46. The molecule has 1 N–H and O–H groups in total. The van der Waals surface area contributed by atoms with E-state index in [0.29, 0.717) is 10.2 Å². The topological polar surface area (TPSA) is 64.0 Å². The lowest BCUT2D eigenvalue weighted by atomic mass is 10.1. The Morgan fingerprint density at radius 2 is 1.89 bits per heavy atom. The summed E-state index contributed by atoms with van der Waals surface area (Å²) in [5.41, 5.74) is 2.34. The summed E-state index contributed by atoms with van der Waals surface area (Å²) in [6, 6.07) is 17.3. The zero-order valence-corrected chi connectivity index (χ0v) is 16.7. The van der Waals surface area contributed by atoms with Gasteiger partial charge in [0.2, 0.25) is 5.91 Å². The summed E-state index contributed by atoms with van der Waals surface area (Å²) in [5.74, 6) is -0.263. The summed E-state index contributed by atoms with van der Waals surface area (Å²) in [4.78, 5) is 31.6. The lowest BCUT2D eigenvalue weighted by Crippen LogP contribution is -2.27. The van der Waals surface area contributed by atoms with E-state index in [0.717, 1.165) is 21.7 Å². The van der Waals surface area contributed by atoms with Crippen LogP contribution >= 0.6 is 23.1 Å². The number of para-hydroxylation sites is 1. The van der Waals surface area contributed by atoms with E-state index < -0.39 is 0 Å². The van der Waals surface area contributed by atoms with Gasteiger partial charge in [-0.15, -0.1) is 23.1 Å².